The summed E-state index contributed by atoms with van der Waals surface area (Å²) in [6, 6.07) is 0.689. The lowest BCUT2D eigenvalue weighted by Gasteiger charge is -2.28. The second-order valence-corrected chi connectivity index (χ2v) is 5.65. The van der Waals surface area contributed by atoms with Gasteiger partial charge >= 0.3 is 0 Å². The van der Waals surface area contributed by atoms with Gasteiger partial charge in [0.15, 0.2) is 0 Å². The fourth-order valence-electron chi connectivity index (χ4n) is 2.77. The van der Waals surface area contributed by atoms with Crippen molar-refractivity contribution >= 4 is 18.3 Å². The third-order valence-corrected chi connectivity index (χ3v) is 4.31. The predicted octanol–water partition coefficient (Wildman–Crippen LogP) is 2.09. The van der Waals surface area contributed by atoms with Crippen molar-refractivity contribution in [2.24, 2.45) is 23.5 Å². The molecule has 2 rings (SSSR count). The Bertz CT molecular complexity index is 248. The van der Waals surface area contributed by atoms with Gasteiger partial charge in [-0.15, -0.1) is 12.4 Å². The van der Waals surface area contributed by atoms with Crippen molar-refractivity contribution in [3.05, 3.63) is 0 Å². The number of nitrogens with one attached hydrogen (secondary N) is 1. The first-order chi connectivity index (χ1) is 7.66. The number of rotatable bonds is 5. The van der Waals surface area contributed by atoms with E-state index in [9.17, 15) is 4.79 Å². The highest BCUT2D eigenvalue weighted by Crippen LogP contribution is 2.33. The van der Waals surface area contributed by atoms with Crippen molar-refractivity contribution in [3.63, 3.8) is 0 Å². The smallest absolute Gasteiger partial charge is 0.220 e. The number of nitrogens with two attached hydrogens (primary N) is 1. The molecule has 2 aliphatic carbocycles. The van der Waals surface area contributed by atoms with E-state index in [0.29, 0.717) is 6.04 Å². The topological polar surface area (TPSA) is 55.1 Å². The van der Waals surface area contributed by atoms with E-state index in [0.717, 1.165) is 44.1 Å². The Morgan fingerprint density at radius 3 is 2.29 bits per heavy atom. The van der Waals surface area contributed by atoms with Crippen molar-refractivity contribution in [1.29, 1.82) is 0 Å². The molecule has 0 heterocycles. The average molecular weight is 261 g/mol. The number of amides is 1. The Hall–Kier alpha value is -0.280. The molecule has 0 radical (unpaired) electrons. The molecule has 0 spiro atoms. The van der Waals surface area contributed by atoms with E-state index in [2.05, 4.69) is 12.2 Å². The SMILES string of the molecule is CC(NCC1CCC(C(N)=O)CC1)C1CC1.Cl. The summed E-state index contributed by atoms with van der Waals surface area (Å²) in [5.74, 6) is 1.74. The molecule has 3 N–H and O–H groups in total. The molecule has 4 heteroatoms. The standard InChI is InChI=1S/C13H24N2O.ClH/c1-9(11-6-7-11)15-8-10-2-4-12(5-3-10)13(14)16;/h9-12,15H,2-8H2,1H3,(H2,14,16);1H. The van der Waals surface area contributed by atoms with Gasteiger partial charge in [-0.05, 0) is 63.8 Å². The fourth-order valence-corrected chi connectivity index (χ4v) is 2.77. The second kappa shape index (κ2) is 6.60. The van der Waals surface area contributed by atoms with Crippen LogP contribution in [0.15, 0.2) is 0 Å². The molecule has 0 aromatic carbocycles. The number of hydrogen-bond donors (Lipinski definition) is 2. The van der Waals surface area contributed by atoms with Gasteiger partial charge in [0.25, 0.3) is 0 Å². The number of hydrogen-bond acceptors (Lipinski definition) is 2. The molecule has 17 heavy (non-hydrogen) atoms. The molecular formula is C13H25ClN2O. The normalized spacial score (nSPS) is 30.4. The van der Waals surface area contributed by atoms with E-state index >= 15 is 0 Å². The Kier molecular flexibility index (Phi) is 5.74. The third kappa shape index (κ3) is 4.47. The molecular weight excluding hydrogens is 236 g/mol. The van der Waals surface area contributed by atoms with Gasteiger partial charge in [-0.3, -0.25) is 4.79 Å². The largest absolute Gasteiger partial charge is 0.369 e. The summed E-state index contributed by atoms with van der Waals surface area (Å²) in [5.41, 5.74) is 5.33. The summed E-state index contributed by atoms with van der Waals surface area (Å²) in [7, 11) is 0. The second-order valence-electron chi connectivity index (χ2n) is 5.65. The summed E-state index contributed by atoms with van der Waals surface area (Å²) >= 11 is 0. The van der Waals surface area contributed by atoms with E-state index in [4.69, 9.17) is 5.73 Å². The van der Waals surface area contributed by atoms with Gasteiger partial charge in [0.05, 0.1) is 0 Å². The van der Waals surface area contributed by atoms with E-state index in [1.54, 1.807) is 0 Å². The summed E-state index contributed by atoms with van der Waals surface area (Å²) in [6.07, 6.45) is 7.14. The van der Waals surface area contributed by atoms with E-state index in [-0.39, 0.29) is 24.2 Å². The molecule has 3 nitrogen and oxygen atoms in total. The van der Waals surface area contributed by atoms with Crippen molar-refractivity contribution in [1.82, 2.24) is 5.32 Å². The zero-order valence-corrected chi connectivity index (χ0v) is 11.5. The molecule has 1 atom stereocenters. The maximum Gasteiger partial charge on any atom is 0.220 e. The van der Waals surface area contributed by atoms with Gasteiger partial charge in [0, 0.05) is 12.0 Å². The predicted molar refractivity (Wildman–Crippen MR) is 72.1 cm³/mol. The molecule has 1 unspecified atom stereocenters. The minimum Gasteiger partial charge on any atom is -0.369 e. The maximum atomic E-state index is 11.0. The maximum absolute atomic E-state index is 11.0. The average Bonchev–Trinajstić information content (AvgIpc) is 3.10. The Balaban J connectivity index is 0.00000144. The zero-order valence-electron chi connectivity index (χ0n) is 10.7. The molecule has 0 bridgehead atoms. The molecule has 0 aliphatic heterocycles. The van der Waals surface area contributed by atoms with E-state index in [1.165, 1.54) is 12.8 Å². The monoisotopic (exact) mass is 260 g/mol. The molecule has 0 aromatic heterocycles. The first-order valence-corrected chi connectivity index (χ1v) is 6.69. The minimum atomic E-state index is -0.0993. The number of carbonyl (C=O) groups excluding carboxylic acids is 1. The number of primary amides is 1. The van der Waals surface area contributed by atoms with Crippen LogP contribution in [0.25, 0.3) is 0 Å². The van der Waals surface area contributed by atoms with Crippen molar-refractivity contribution in [3.8, 4) is 0 Å². The van der Waals surface area contributed by atoms with Crippen LogP contribution in [0.5, 0.6) is 0 Å². The van der Waals surface area contributed by atoms with Crippen molar-refractivity contribution in [2.45, 2.75) is 51.5 Å². The number of halogens is 1. The van der Waals surface area contributed by atoms with Crippen LogP contribution in [0.3, 0.4) is 0 Å². The van der Waals surface area contributed by atoms with Crippen LogP contribution in [0.1, 0.15) is 45.4 Å². The number of carbonyl (C=O) groups is 1. The first-order valence-electron chi connectivity index (χ1n) is 6.69. The highest BCUT2D eigenvalue weighted by molar-refractivity contribution is 5.85. The van der Waals surface area contributed by atoms with Crippen molar-refractivity contribution < 1.29 is 4.79 Å². The molecule has 1 amide bonds. The Labute approximate surface area is 110 Å². The third-order valence-electron chi connectivity index (χ3n) is 4.31. The molecule has 2 fully saturated rings. The van der Waals surface area contributed by atoms with E-state index in [1.807, 2.05) is 0 Å². The summed E-state index contributed by atoms with van der Waals surface area (Å²) < 4.78 is 0. The molecule has 100 valence electrons. The molecule has 0 aromatic rings. The first kappa shape index (κ1) is 14.8. The minimum absolute atomic E-state index is 0. The highest BCUT2D eigenvalue weighted by atomic mass is 35.5. The highest BCUT2D eigenvalue weighted by Gasteiger charge is 2.29. The van der Waals surface area contributed by atoms with Crippen LogP contribution in [0, 0.1) is 17.8 Å². The Morgan fingerprint density at radius 2 is 1.82 bits per heavy atom. The lowest BCUT2D eigenvalue weighted by atomic mass is 9.81. The van der Waals surface area contributed by atoms with Crippen molar-refractivity contribution in [2.75, 3.05) is 6.54 Å². The van der Waals surface area contributed by atoms with E-state index < -0.39 is 0 Å². The van der Waals surface area contributed by atoms with Gasteiger partial charge in [-0.2, -0.15) is 0 Å². The van der Waals surface area contributed by atoms with Gasteiger partial charge in [-0.25, -0.2) is 0 Å². The zero-order chi connectivity index (χ0) is 11.5. The molecule has 2 aliphatic rings. The van der Waals surface area contributed by atoms with Crippen LogP contribution in [-0.4, -0.2) is 18.5 Å². The summed E-state index contributed by atoms with van der Waals surface area (Å²) in [6.45, 7) is 3.43. The van der Waals surface area contributed by atoms with Crippen LogP contribution in [0.2, 0.25) is 0 Å². The molecule has 2 saturated carbocycles. The lowest BCUT2D eigenvalue weighted by molar-refractivity contribution is -0.122. The van der Waals surface area contributed by atoms with Gasteiger partial charge in [0.2, 0.25) is 5.91 Å². The van der Waals surface area contributed by atoms with Crippen LogP contribution < -0.4 is 11.1 Å². The van der Waals surface area contributed by atoms with Gasteiger partial charge < -0.3 is 11.1 Å². The Morgan fingerprint density at radius 1 is 1.24 bits per heavy atom. The summed E-state index contributed by atoms with van der Waals surface area (Å²) in [4.78, 5) is 11.0. The van der Waals surface area contributed by atoms with Gasteiger partial charge in [-0.1, -0.05) is 0 Å². The van der Waals surface area contributed by atoms with Gasteiger partial charge in [0.1, 0.15) is 0 Å². The summed E-state index contributed by atoms with van der Waals surface area (Å²) in [5, 5.41) is 3.64. The van der Waals surface area contributed by atoms with Crippen LogP contribution >= 0.6 is 12.4 Å². The quantitative estimate of drug-likeness (QED) is 0.795. The lowest BCUT2D eigenvalue weighted by Crippen LogP contribution is -2.35. The fraction of sp³-hybridized carbons (Fsp3) is 0.923. The molecule has 0 saturated heterocycles. The van der Waals surface area contributed by atoms with Crippen LogP contribution in [-0.2, 0) is 4.79 Å². The van der Waals surface area contributed by atoms with Crippen LogP contribution in [0.4, 0.5) is 0 Å².